The summed E-state index contributed by atoms with van der Waals surface area (Å²) in [7, 11) is 0. The van der Waals surface area contributed by atoms with Crippen molar-refractivity contribution in [1.82, 2.24) is 0 Å². The van der Waals surface area contributed by atoms with E-state index in [0.29, 0.717) is 11.3 Å². The number of nitrogens with zero attached hydrogens (tertiary/aromatic N) is 1. The Balaban J connectivity index is 2.67. The summed E-state index contributed by atoms with van der Waals surface area (Å²) >= 11 is 4.93. The van der Waals surface area contributed by atoms with Gasteiger partial charge in [0, 0.05) is 4.88 Å². The normalized spacial score (nSPS) is 10.2. The zero-order valence-corrected chi connectivity index (χ0v) is 10.3. The first kappa shape index (κ1) is 10.3. The van der Waals surface area contributed by atoms with E-state index in [0.717, 1.165) is 14.2 Å². The summed E-state index contributed by atoms with van der Waals surface area (Å²) in [5, 5.41) is 8.98. The minimum Gasteiger partial charge on any atom is -0.444 e. The van der Waals surface area contributed by atoms with Crippen molar-refractivity contribution in [2.75, 3.05) is 5.73 Å². The maximum atomic E-state index is 8.98. The molecule has 0 aliphatic carbocycles. The molecule has 2 N–H and O–H groups in total. The van der Waals surface area contributed by atoms with Crippen molar-refractivity contribution in [2.45, 2.75) is 6.92 Å². The number of nitrogen functional groups attached to an aromatic ring is 1. The molecule has 2 aromatic rings. The Kier molecular flexibility index (Phi) is 2.55. The standard InChI is InChI=1S/C10H7BrN2OS/c1-5-9(6(4-12)10(13)14-5)7-2-3-8(11)15-7/h2-3H,13H2,1H3. The zero-order valence-electron chi connectivity index (χ0n) is 7.87. The van der Waals surface area contributed by atoms with Gasteiger partial charge in [-0.25, -0.2) is 0 Å². The predicted octanol–water partition coefficient (Wildman–Crippen LogP) is 3.53. The Labute approximate surface area is 99.3 Å². The molecule has 0 amide bonds. The fourth-order valence-corrected chi connectivity index (χ4v) is 2.91. The minimum absolute atomic E-state index is 0.189. The number of anilines is 1. The summed E-state index contributed by atoms with van der Waals surface area (Å²) in [4.78, 5) is 0.983. The maximum absolute atomic E-state index is 8.98. The van der Waals surface area contributed by atoms with Crippen LogP contribution >= 0.6 is 27.3 Å². The molecule has 76 valence electrons. The predicted molar refractivity (Wildman–Crippen MR) is 63.6 cm³/mol. The van der Waals surface area contributed by atoms with Gasteiger partial charge in [-0.3, -0.25) is 0 Å². The number of thiophene rings is 1. The lowest BCUT2D eigenvalue weighted by Gasteiger charge is -1.93. The molecule has 0 saturated carbocycles. The molecule has 2 rings (SSSR count). The third-order valence-electron chi connectivity index (χ3n) is 2.04. The number of hydrogen-bond donors (Lipinski definition) is 1. The minimum atomic E-state index is 0.189. The van der Waals surface area contributed by atoms with Crippen molar-refractivity contribution >= 4 is 33.2 Å². The van der Waals surface area contributed by atoms with Gasteiger partial charge in [-0.2, -0.15) is 5.26 Å². The number of rotatable bonds is 1. The molecule has 3 nitrogen and oxygen atoms in total. The van der Waals surface area contributed by atoms with Crippen LogP contribution in [0.4, 0.5) is 5.88 Å². The second-order valence-electron chi connectivity index (χ2n) is 2.99. The van der Waals surface area contributed by atoms with Crippen LogP contribution in [0.15, 0.2) is 20.3 Å². The van der Waals surface area contributed by atoms with Crippen LogP contribution in [0.1, 0.15) is 11.3 Å². The number of aryl methyl sites for hydroxylation is 1. The van der Waals surface area contributed by atoms with Gasteiger partial charge in [0.25, 0.3) is 0 Å². The van der Waals surface area contributed by atoms with Crippen molar-refractivity contribution < 1.29 is 4.42 Å². The van der Waals surface area contributed by atoms with Crippen molar-refractivity contribution in [3.05, 3.63) is 27.2 Å². The van der Waals surface area contributed by atoms with Crippen molar-refractivity contribution in [3.8, 4) is 16.5 Å². The summed E-state index contributed by atoms with van der Waals surface area (Å²) in [5.74, 6) is 0.868. The average Bonchev–Trinajstić information content (AvgIpc) is 2.70. The van der Waals surface area contributed by atoms with Gasteiger partial charge < -0.3 is 10.2 Å². The monoisotopic (exact) mass is 282 g/mol. The lowest BCUT2D eigenvalue weighted by Crippen LogP contribution is -1.84. The van der Waals surface area contributed by atoms with Gasteiger partial charge >= 0.3 is 0 Å². The number of nitrogens with two attached hydrogens (primary N) is 1. The summed E-state index contributed by atoms with van der Waals surface area (Å²) in [6.45, 7) is 1.81. The summed E-state index contributed by atoms with van der Waals surface area (Å²) in [5.41, 5.74) is 6.82. The molecule has 15 heavy (non-hydrogen) atoms. The van der Waals surface area contributed by atoms with E-state index < -0.39 is 0 Å². The van der Waals surface area contributed by atoms with E-state index in [9.17, 15) is 0 Å². The summed E-state index contributed by atoms with van der Waals surface area (Å²) in [6, 6.07) is 5.94. The van der Waals surface area contributed by atoms with Gasteiger partial charge in [0.05, 0.1) is 9.35 Å². The molecule has 0 aromatic carbocycles. The van der Waals surface area contributed by atoms with E-state index in [-0.39, 0.29) is 5.88 Å². The highest BCUT2D eigenvalue weighted by molar-refractivity contribution is 9.11. The van der Waals surface area contributed by atoms with Crippen molar-refractivity contribution in [2.24, 2.45) is 0 Å². The fourth-order valence-electron chi connectivity index (χ4n) is 1.42. The molecular formula is C10H7BrN2OS. The first-order chi connectivity index (χ1) is 7.13. The molecule has 0 atom stereocenters. The molecule has 0 saturated heterocycles. The Hall–Kier alpha value is -1.25. The Morgan fingerprint density at radius 2 is 2.27 bits per heavy atom. The fraction of sp³-hybridized carbons (Fsp3) is 0.100. The van der Waals surface area contributed by atoms with E-state index in [1.165, 1.54) is 0 Å². The Morgan fingerprint density at radius 3 is 2.80 bits per heavy atom. The van der Waals surface area contributed by atoms with Gasteiger partial charge in [-0.1, -0.05) is 0 Å². The molecular weight excluding hydrogens is 276 g/mol. The molecule has 0 radical (unpaired) electrons. The van der Waals surface area contributed by atoms with Crippen LogP contribution in [0.2, 0.25) is 0 Å². The second-order valence-corrected chi connectivity index (χ2v) is 5.45. The van der Waals surface area contributed by atoms with Gasteiger partial charge in [0.2, 0.25) is 5.88 Å². The molecule has 2 heterocycles. The van der Waals surface area contributed by atoms with Gasteiger partial charge in [-0.05, 0) is 35.0 Å². The Morgan fingerprint density at radius 1 is 1.53 bits per heavy atom. The van der Waals surface area contributed by atoms with Crippen LogP contribution in [0.3, 0.4) is 0 Å². The van der Waals surface area contributed by atoms with Crippen molar-refractivity contribution in [3.63, 3.8) is 0 Å². The van der Waals surface area contributed by atoms with Crippen LogP contribution < -0.4 is 5.73 Å². The van der Waals surface area contributed by atoms with E-state index in [4.69, 9.17) is 15.4 Å². The number of halogens is 1. The maximum Gasteiger partial charge on any atom is 0.209 e. The molecule has 0 spiro atoms. The molecule has 0 fully saturated rings. The van der Waals surface area contributed by atoms with Crippen LogP contribution in [0.5, 0.6) is 0 Å². The van der Waals surface area contributed by atoms with Crippen LogP contribution in [-0.4, -0.2) is 0 Å². The number of hydrogen-bond acceptors (Lipinski definition) is 4. The highest BCUT2D eigenvalue weighted by Crippen LogP contribution is 2.38. The molecule has 0 bridgehead atoms. The first-order valence-electron chi connectivity index (χ1n) is 4.18. The van der Waals surface area contributed by atoms with Gasteiger partial charge in [0.15, 0.2) is 0 Å². The molecule has 0 unspecified atom stereocenters. The SMILES string of the molecule is Cc1oc(N)c(C#N)c1-c1ccc(Br)s1. The first-order valence-corrected chi connectivity index (χ1v) is 5.79. The molecule has 5 heteroatoms. The Bertz CT molecular complexity index is 550. The van der Waals surface area contributed by atoms with Crippen LogP contribution in [0.25, 0.3) is 10.4 Å². The number of nitriles is 1. The van der Waals surface area contributed by atoms with Crippen LogP contribution in [-0.2, 0) is 0 Å². The number of furan rings is 1. The van der Waals surface area contributed by atoms with E-state index in [2.05, 4.69) is 22.0 Å². The molecule has 2 aromatic heterocycles. The molecule has 0 aliphatic heterocycles. The lowest BCUT2D eigenvalue weighted by atomic mass is 10.1. The van der Waals surface area contributed by atoms with Gasteiger partial charge in [-0.15, -0.1) is 11.3 Å². The summed E-state index contributed by atoms with van der Waals surface area (Å²) in [6.07, 6.45) is 0. The third-order valence-corrected chi connectivity index (χ3v) is 3.68. The highest BCUT2D eigenvalue weighted by atomic mass is 79.9. The third kappa shape index (κ3) is 1.66. The van der Waals surface area contributed by atoms with E-state index in [1.807, 2.05) is 12.1 Å². The quantitative estimate of drug-likeness (QED) is 0.870. The van der Waals surface area contributed by atoms with E-state index >= 15 is 0 Å². The zero-order chi connectivity index (χ0) is 11.0. The van der Waals surface area contributed by atoms with E-state index in [1.54, 1.807) is 18.3 Å². The topological polar surface area (TPSA) is 62.9 Å². The van der Waals surface area contributed by atoms with Crippen molar-refractivity contribution in [1.29, 1.82) is 5.26 Å². The highest BCUT2D eigenvalue weighted by Gasteiger charge is 2.18. The second kappa shape index (κ2) is 3.72. The van der Waals surface area contributed by atoms with Gasteiger partial charge in [0.1, 0.15) is 17.4 Å². The summed E-state index contributed by atoms with van der Waals surface area (Å²) < 4.78 is 6.26. The lowest BCUT2D eigenvalue weighted by molar-refractivity contribution is 0.554. The molecule has 0 aliphatic rings. The largest absolute Gasteiger partial charge is 0.444 e. The smallest absolute Gasteiger partial charge is 0.209 e. The van der Waals surface area contributed by atoms with Crippen LogP contribution in [0, 0.1) is 18.3 Å². The average molecular weight is 283 g/mol.